The molecule has 0 heterocycles. The highest BCUT2D eigenvalue weighted by atomic mass is 17.2. The van der Waals surface area contributed by atoms with Crippen molar-refractivity contribution in [1.29, 1.82) is 0 Å². The minimum Gasteiger partial charge on any atom is -0.289 e. The van der Waals surface area contributed by atoms with Gasteiger partial charge in [-0.2, -0.15) is 0 Å². The maximum Gasteiger partial charge on any atom is 0.193 e. The van der Waals surface area contributed by atoms with Gasteiger partial charge in [0.1, 0.15) is 0 Å². The zero-order chi connectivity index (χ0) is 19.1. The van der Waals surface area contributed by atoms with Crippen LogP contribution < -0.4 is 0 Å². The number of hydrogen-bond acceptors (Lipinski definition) is 3. The van der Waals surface area contributed by atoms with Gasteiger partial charge >= 0.3 is 0 Å². The molecule has 3 aromatic carbocycles. The molecule has 1 aliphatic carbocycles. The van der Waals surface area contributed by atoms with E-state index in [0.717, 1.165) is 16.7 Å². The van der Waals surface area contributed by atoms with Crippen molar-refractivity contribution in [3.63, 3.8) is 0 Å². The number of ketones is 1. The first kappa shape index (κ1) is 17.7. The molecule has 4 rings (SSSR count). The highest BCUT2D eigenvalue weighted by Gasteiger charge is 2.48. The Kier molecular flexibility index (Phi) is 4.22. The second-order valence-electron chi connectivity index (χ2n) is 7.75. The lowest BCUT2D eigenvalue weighted by Gasteiger charge is -2.40. The summed E-state index contributed by atoms with van der Waals surface area (Å²) < 4.78 is 0. The lowest BCUT2D eigenvalue weighted by atomic mass is 9.71. The molecular formula is C24H22O3. The minimum absolute atomic E-state index is 0.00659. The lowest BCUT2D eigenvalue weighted by Crippen LogP contribution is -2.41. The molecule has 27 heavy (non-hydrogen) atoms. The van der Waals surface area contributed by atoms with Gasteiger partial charge in [0, 0.05) is 22.3 Å². The molecule has 0 fully saturated rings. The summed E-state index contributed by atoms with van der Waals surface area (Å²) in [5, 5.41) is 0. The van der Waals surface area contributed by atoms with Gasteiger partial charge in [0.05, 0.1) is 5.60 Å². The minimum atomic E-state index is -1.02. The molecule has 0 unspecified atom stereocenters. The van der Waals surface area contributed by atoms with Crippen LogP contribution in [0.15, 0.2) is 78.9 Å². The fraction of sp³-hybridized carbons (Fsp3) is 0.208. The van der Waals surface area contributed by atoms with Crippen molar-refractivity contribution < 1.29 is 14.6 Å². The Labute approximate surface area is 159 Å². The summed E-state index contributed by atoms with van der Waals surface area (Å²) in [6, 6.07) is 25.1. The maximum absolute atomic E-state index is 13.1. The molecule has 1 aliphatic rings. The molecule has 0 spiro atoms. The van der Waals surface area contributed by atoms with Crippen molar-refractivity contribution in [3.05, 3.63) is 107 Å². The van der Waals surface area contributed by atoms with Gasteiger partial charge in [-0.05, 0) is 26.3 Å². The molecule has 3 heteroatoms. The van der Waals surface area contributed by atoms with Gasteiger partial charge in [-0.25, -0.2) is 9.78 Å². The van der Waals surface area contributed by atoms with E-state index in [-0.39, 0.29) is 5.78 Å². The van der Waals surface area contributed by atoms with Crippen LogP contribution in [0.1, 0.15) is 53.4 Å². The average molecular weight is 358 g/mol. The lowest BCUT2D eigenvalue weighted by molar-refractivity contribution is -0.390. The normalized spacial score (nSPS) is 15.1. The van der Waals surface area contributed by atoms with Crippen molar-refractivity contribution in [2.45, 2.75) is 32.0 Å². The molecule has 0 N–H and O–H groups in total. The Morgan fingerprint density at radius 3 is 1.70 bits per heavy atom. The van der Waals surface area contributed by atoms with Crippen LogP contribution in [0.25, 0.3) is 0 Å². The van der Waals surface area contributed by atoms with Crippen LogP contribution in [0.3, 0.4) is 0 Å². The number of carbonyl (C=O) groups excluding carboxylic acids is 1. The summed E-state index contributed by atoms with van der Waals surface area (Å²) in [4.78, 5) is 25.3. The summed E-state index contributed by atoms with van der Waals surface area (Å²) >= 11 is 0. The van der Waals surface area contributed by atoms with E-state index in [1.807, 2.05) is 99.6 Å². The maximum atomic E-state index is 13.1. The van der Waals surface area contributed by atoms with E-state index in [0.29, 0.717) is 11.1 Å². The average Bonchev–Trinajstić information content (AvgIpc) is 2.68. The van der Waals surface area contributed by atoms with Crippen LogP contribution in [-0.2, 0) is 15.4 Å². The number of rotatable bonds is 3. The Bertz CT molecular complexity index is 934. The summed E-state index contributed by atoms with van der Waals surface area (Å²) in [7, 11) is 0. The molecule has 0 saturated heterocycles. The predicted molar refractivity (Wildman–Crippen MR) is 105 cm³/mol. The Balaban J connectivity index is 2.06. The van der Waals surface area contributed by atoms with Crippen LogP contribution in [0.4, 0.5) is 0 Å². The molecule has 0 radical (unpaired) electrons. The van der Waals surface area contributed by atoms with Gasteiger partial charge in [0.15, 0.2) is 11.4 Å². The third-order valence-corrected chi connectivity index (χ3v) is 4.70. The molecule has 0 amide bonds. The van der Waals surface area contributed by atoms with Crippen molar-refractivity contribution in [1.82, 2.24) is 0 Å². The van der Waals surface area contributed by atoms with Crippen molar-refractivity contribution in [2.24, 2.45) is 0 Å². The number of carbonyl (C=O) groups is 1. The largest absolute Gasteiger partial charge is 0.289 e. The van der Waals surface area contributed by atoms with Crippen LogP contribution >= 0.6 is 0 Å². The van der Waals surface area contributed by atoms with Crippen molar-refractivity contribution >= 4 is 5.78 Å². The first-order valence-electron chi connectivity index (χ1n) is 9.09. The topological polar surface area (TPSA) is 35.5 Å². The van der Waals surface area contributed by atoms with Gasteiger partial charge in [-0.1, -0.05) is 78.9 Å². The third kappa shape index (κ3) is 2.89. The molecule has 0 bridgehead atoms. The van der Waals surface area contributed by atoms with Crippen LogP contribution in [0, 0.1) is 0 Å². The number of fused-ring (bicyclic) bond motifs is 2. The second-order valence-corrected chi connectivity index (χ2v) is 7.75. The molecule has 3 nitrogen and oxygen atoms in total. The van der Waals surface area contributed by atoms with E-state index in [4.69, 9.17) is 9.78 Å². The van der Waals surface area contributed by atoms with Crippen molar-refractivity contribution in [2.75, 3.05) is 0 Å². The Hall–Kier alpha value is -2.75. The Morgan fingerprint density at radius 2 is 1.19 bits per heavy atom. The van der Waals surface area contributed by atoms with E-state index < -0.39 is 11.2 Å². The van der Waals surface area contributed by atoms with E-state index in [1.54, 1.807) is 0 Å². The molecule has 0 aliphatic heterocycles. The standard InChI is InChI=1S/C24H22O3/c1-23(2,3)26-27-24(17-11-5-4-6-12-17)20-15-9-7-13-18(20)22(25)19-14-8-10-16-21(19)24/h4-16H,1-3H3. The summed E-state index contributed by atoms with van der Waals surface area (Å²) in [5.41, 5.74) is 2.26. The monoisotopic (exact) mass is 358 g/mol. The molecular weight excluding hydrogens is 336 g/mol. The fourth-order valence-corrected chi connectivity index (χ4v) is 3.58. The predicted octanol–water partition coefficient (Wildman–Crippen LogP) is 5.27. The van der Waals surface area contributed by atoms with Gasteiger partial charge in [-0.15, -0.1) is 0 Å². The summed E-state index contributed by atoms with van der Waals surface area (Å²) in [5.74, 6) is 0.00659. The van der Waals surface area contributed by atoms with E-state index in [9.17, 15) is 4.79 Å². The van der Waals surface area contributed by atoms with Gasteiger partial charge in [0.25, 0.3) is 0 Å². The highest BCUT2D eigenvalue weighted by Crippen LogP contribution is 2.47. The summed E-state index contributed by atoms with van der Waals surface area (Å²) in [6.07, 6.45) is 0. The second kappa shape index (κ2) is 6.45. The molecule has 0 atom stereocenters. The first-order chi connectivity index (χ1) is 12.9. The zero-order valence-corrected chi connectivity index (χ0v) is 15.7. The van der Waals surface area contributed by atoms with Gasteiger partial charge < -0.3 is 0 Å². The van der Waals surface area contributed by atoms with Crippen LogP contribution in [0.5, 0.6) is 0 Å². The first-order valence-corrected chi connectivity index (χ1v) is 9.09. The molecule has 136 valence electrons. The Morgan fingerprint density at radius 1 is 0.704 bits per heavy atom. The quantitative estimate of drug-likeness (QED) is 0.473. The summed E-state index contributed by atoms with van der Waals surface area (Å²) in [6.45, 7) is 5.83. The highest BCUT2D eigenvalue weighted by molar-refractivity contribution is 6.13. The van der Waals surface area contributed by atoms with Crippen LogP contribution in [0.2, 0.25) is 0 Å². The third-order valence-electron chi connectivity index (χ3n) is 4.70. The molecule has 0 aromatic heterocycles. The number of hydrogen-bond donors (Lipinski definition) is 0. The molecule has 3 aromatic rings. The van der Waals surface area contributed by atoms with Gasteiger partial charge in [-0.3, -0.25) is 4.79 Å². The van der Waals surface area contributed by atoms with Crippen molar-refractivity contribution in [3.8, 4) is 0 Å². The SMILES string of the molecule is CC(C)(C)OOC1(c2ccccc2)c2ccccc2C(=O)c2ccccc21. The fourth-order valence-electron chi connectivity index (χ4n) is 3.58. The smallest absolute Gasteiger partial charge is 0.193 e. The zero-order valence-electron chi connectivity index (χ0n) is 15.7. The number of benzene rings is 3. The van der Waals surface area contributed by atoms with E-state index in [2.05, 4.69) is 0 Å². The van der Waals surface area contributed by atoms with Crippen LogP contribution in [-0.4, -0.2) is 11.4 Å². The van der Waals surface area contributed by atoms with Gasteiger partial charge in [0.2, 0.25) is 0 Å². The van der Waals surface area contributed by atoms with E-state index >= 15 is 0 Å². The molecule has 0 saturated carbocycles. The van der Waals surface area contributed by atoms with E-state index in [1.165, 1.54) is 0 Å².